The molecule has 1 atom stereocenters. The van der Waals surface area contributed by atoms with Crippen LogP contribution in [0, 0.1) is 19.8 Å². The number of amides is 3. The van der Waals surface area contributed by atoms with E-state index in [0.29, 0.717) is 17.9 Å². The summed E-state index contributed by atoms with van der Waals surface area (Å²) in [4.78, 5) is 37.9. The normalized spacial score (nSPS) is 16.3. The fraction of sp³-hybridized carbons (Fsp3) is 0.286. The molecule has 0 bridgehead atoms. The van der Waals surface area contributed by atoms with Crippen molar-refractivity contribution in [3.8, 4) is 0 Å². The summed E-state index contributed by atoms with van der Waals surface area (Å²) in [5, 5.41) is 5.63. The van der Waals surface area contributed by atoms with Gasteiger partial charge in [0.05, 0.1) is 5.92 Å². The lowest BCUT2D eigenvalue weighted by atomic mass is 10.1. The number of carbonyl (C=O) groups excluding carboxylic acids is 3. The van der Waals surface area contributed by atoms with Gasteiger partial charge in [0, 0.05) is 37.0 Å². The van der Waals surface area contributed by atoms with Gasteiger partial charge in [-0.2, -0.15) is 0 Å². The van der Waals surface area contributed by atoms with Gasteiger partial charge in [0.15, 0.2) is 0 Å². The molecule has 140 valence electrons. The Hall–Kier alpha value is -3.15. The molecule has 2 aromatic rings. The highest BCUT2D eigenvalue weighted by Gasteiger charge is 2.35. The molecule has 6 heteroatoms. The first kappa shape index (κ1) is 18.6. The Kier molecular flexibility index (Phi) is 5.26. The number of anilines is 3. The molecule has 1 heterocycles. The van der Waals surface area contributed by atoms with Crippen molar-refractivity contribution in [3.63, 3.8) is 0 Å². The number of benzene rings is 2. The molecule has 0 saturated carbocycles. The van der Waals surface area contributed by atoms with Gasteiger partial charge in [-0.3, -0.25) is 14.4 Å². The summed E-state index contributed by atoms with van der Waals surface area (Å²) in [6.07, 6.45) is 0.168. The number of hydrogen-bond acceptors (Lipinski definition) is 3. The Morgan fingerprint density at radius 2 is 1.70 bits per heavy atom. The minimum Gasteiger partial charge on any atom is -0.326 e. The number of rotatable bonds is 4. The third-order valence-electron chi connectivity index (χ3n) is 4.46. The number of aryl methyl sites for hydroxylation is 2. The molecule has 0 aromatic heterocycles. The molecule has 27 heavy (non-hydrogen) atoms. The summed E-state index contributed by atoms with van der Waals surface area (Å²) in [6.45, 7) is 5.71. The average molecular weight is 365 g/mol. The highest BCUT2D eigenvalue weighted by molar-refractivity contribution is 6.04. The zero-order valence-electron chi connectivity index (χ0n) is 15.7. The van der Waals surface area contributed by atoms with Crippen LogP contribution >= 0.6 is 0 Å². The highest BCUT2D eigenvalue weighted by Crippen LogP contribution is 2.28. The number of carbonyl (C=O) groups is 3. The molecular formula is C21H23N3O3. The third-order valence-corrected chi connectivity index (χ3v) is 4.46. The van der Waals surface area contributed by atoms with Crippen LogP contribution in [0.3, 0.4) is 0 Å². The molecule has 1 aliphatic rings. The number of hydrogen-bond donors (Lipinski definition) is 2. The first-order chi connectivity index (χ1) is 12.8. The van der Waals surface area contributed by atoms with Crippen LogP contribution in [0.5, 0.6) is 0 Å². The third kappa shape index (κ3) is 4.53. The second kappa shape index (κ2) is 7.61. The van der Waals surface area contributed by atoms with Crippen molar-refractivity contribution in [3.05, 3.63) is 53.6 Å². The van der Waals surface area contributed by atoms with Crippen molar-refractivity contribution in [2.24, 2.45) is 5.92 Å². The van der Waals surface area contributed by atoms with Crippen LogP contribution in [-0.4, -0.2) is 24.3 Å². The molecule has 2 aromatic carbocycles. The lowest BCUT2D eigenvalue weighted by molar-refractivity contribution is -0.122. The van der Waals surface area contributed by atoms with Crippen molar-refractivity contribution < 1.29 is 14.4 Å². The Morgan fingerprint density at radius 1 is 1.00 bits per heavy atom. The Labute approximate surface area is 158 Å². The second-order valence-corrected chi connectivity index (χ2v) is 7.00. The van der Waals surface area contributed by atoms with Crippen LogP contribution in [0.4, 0.5) is 17.1 Å². The van der Waals surface area contributed by atoms with E-state index >= 15 is 0 Å². The van der Waals surface area contributed by atoms with Crippen LogP contribution in [0.25, 0.3) is 0 Å². The maximum Gasteiger partial charge on any atom is 0.229 e. The molecule has 3 amide bonds. The van der Waals surface area contributed by atoms with Crippen LogP contribution < -0.4 is 15.5 Å². The van der Waals surface area contributed by atoms with Gasteiger partial charge in [-0.15, -0.1) is 0 Å². The SMILES string of the molecule is CC(=O)Nc1cccc(N2C[C@@H](C(=O)Nc3cc(C)cc(C)c3)CC2=O)c1. The largest absolute Gasteiger partial charge is 0.326 e. The quantitative estimate of drug-likeness (QED) is 0.873. The predicted molar refractivity (Wildman–Crippen MR) is 106 cm³/mol. The van der Waals surface area contributed by atoms with E-state index in [1.165, 1.54) is 6.92 Å². The summed E-state index contributed by atoms with van der Waals surface area (Å²) in [6, 6.07) is 12.9. The second-order valence-electron chi connectivity index (χ2n) is 7.00. The fourth-order valence-corrected chi connectivity index (χ4v) is 3.38. The van der Waals surface area contributed by atoms with E-state index < -0.39 is 5.92 Å². The topological polar surface area (TPSA) is 78.5 Å². The van der Waals surface area contributed by atoms with E-state index in [2.05, 4.69) is 10.6 Å². The van der Waals surface area contributed by atoms with Gasteiger partial charge >= 0.3 is 0 Å². The van der Waals surface area contributed by atoms with Crippen LogP contribution in [0.15, 0.2) is 42.5 Å². The lowest BCUT2D eigenvalue weighted by Crippen LogP contribution is -2.28. The van der Waals surface area contributed by atoms with E-state index in [9.17, 15) is 14.4 Å². The molecular weight excluding hydrogens is 342 g/mol. The van der Waals surface area contributed by atoms with E-state index in [0.717, 1.165) is 16.8 Å². The van der Waals surface area contributed by atoms with Gasteiger partial charge < -0.3 is 15.5 Å². The highest BCUT2D eigenvalue weighted by atomic mass is 16.2. The molecule has 6 nitrogen and oxygen atoms in total. The summed E-state index contributed by atoms with van der Waals surface area (Å²) >= 11 is 0. The van der Waals surface area contributed by atoms with Crippen LogP contribution in [0.1, 0.15) is 24.5 Å². The van der Waals surface area contributed by atoms with Crippen molar-refractivity contribution >= 4 is 34.8 Å². The molecule has 0 radical (unpaired) electrons. The Balaban J connectivity index is 1.71. The van der Waals surface area contributed by atoms with Crippen molar-refractivity contribution in [2.75, 3.05) is 22.1 Å². The first-order valence-electron chi connectivity index (χ1n) is 8.89. The Bertz CT molecular complexity index is 887. The lowest BCUT2D eigenvalue weighted by Gasteiger charge is -2.18. The molecule has 0 aliphatic carbocycles. The number of nitrogens with zero attached hydrogens (tertiary/aromatic N) is 1. The van der Waals surface area contributed by atoms with Gasteiger partial charge in [0.2, 0.25) is 17.7 Å². The van der Waals surface area contributed by atoms with Crippen molar-refractivity contribution in [1.29, 1.82) is 0 Å². The predicted octanol–water partition coefficient (Wildman–Crippen LogP) is 3.25. The van der Waals surface area contributed by atoms with Crippen molar-refractivity contribution in [2.45, 2.75) is 27.2 Å². The fourth-order valence-electron chi connectivity index (χ4n) is 3.38. The van der Waals surface area contributed by atoms with E-state index in [-0.39, 0.29) is 24.1 Å². The molecule has 0 spiro atoms. The minimum absolute atomic E-state index is 0.101. The molecule has 0 unspecified atom stereocenters. The molecule has 1 fully saturated rings. The molecule has 1 aliphatic heterocycles. The van der Waals surface area contributed by atoms with E-state index in [1.54, 1.807) is 29.2 Å². The standard InChI is InChI=1S/C21H23N3O3/c1-13-7-14(2)9-18(8-13)23-21(27)16-10-20(26)24(12-16)19-6-4-5-17(11-19)22-15(3)25/h4-9,11,16H,10,12H2,1-3H3,(H,22,25)(H,23,27)/t16-/m0/s1. The smallest absolute Gasteiger partial charge is 0.229 e. The maximum absolute atomic E-state index is 12.6. The molecule has 3 rings (SSSR count). The molecule has 2 N–H and O–H groups in total. The van der Waals surface area contributed by atoms with Gasteiger partial charge in [0.25, 0.3) is 0 Å². The summed E-state index contributed by atoms with van der Waals surface area (Å²) in [5.41, 5.74) is 4.19. The van der Waals surface area contributed by atoms with E-state index in [1.807, 2.05) is 32.0 Å². The minimum atomic E-state index is -0.414. The zero-order chi connectivity index (χ0) is 19.6. The van der Waals surface area contributed by atoms with Crippen molar-refractivity contribution in [1.82, 2.24) is 0 Å². The van der Waals surface area contributed by atoms with Gasteiger partial charge in [-0.05, 0) is 55.3 Å². The zero-order valence-corrected chi connectivity index (χ0v) is 15.7. The van der Waals surface area contributed by atoms with Gasteiger partial charge in [-0.1, -0.05) is 12.1 Å². The van der Waals surface area contributed by atoms with E-state index in [4.69, 9.17) is 0 Å². The maximum atomic E-state index is 12.6. The molecule has 1 saturated heterocycles. The van der Waals surface area contributed by atoms with Gasteiger partial charge in [0.1, 0.15) is 0 Å². The summed E-state index contributed by atoms with van der Waals surface area (Å²) < 4.78 is 0. The van der Waals surface area contributed by atoms with Gasteiger partial charge in [-0.25, -0.2) is 0 Å². The Morgan fingerprint density at radius 3 is 2.37 bits per heavy atom. The van der Waals surface area contributed by atoms with Crippen LogP contribution in [-0.2, 0) is 14.4 Å². The van der Waals surface area contributed by atoms with Crippen LogP contribution in [0.2, 0.25) is 0 Å². The first-order valence-corrected chi connectivity index (χ1v) is 8.89. The number of nitrogens with one attached hydrogen (secondary N) is 2. The average Bonchev–Trinajstić information content (AvgIpc) is 2.95. The summed E-state index contributed by atoms with van der Waals surface area (Å²) in [7, 11) is 0. The monoisotopic (exact) mass is 365 g/mol. The summed E-state index contributed by atoms with van der Waals surface area (Å²) in [5.74, 6) is -0.849.